The van der Waals surface area contributed by atoms with Crippen molar-refractivity contribution in [3.8, 4) is 12.1 Å². The van der Waals surface area contributed by atoms with Gasteiger partial charge < -0.3 is 10.6 Å². The summed E-state index contributed by atoms with van der Waals surface area (Å²) in [5, 5.41) is 22.4. The predicted molar refractivity (Wildman–Crippen MR) is 95.7 cm³/mol. The molecule has 2 N–H and O–H groups in total. The third-order valence-electron chi connectivity index (χ3n) is 4.29. The van der Waals surface area contributed by atoms with E-state index in [1.54, 1.807) is 13.8 Å². The molecule has 0 aliphatic carbocycles. The molecule has 0 bridgehead atoms. The molecule has 146 valence electrons. The SMILES string of the molecule is C[C@H](SC1=C(C#N)C(C)(C)[C@@H](C#N)C(=O)N1)C(=O)Nc1ccc(F)c(F)c1F. The molecule has 1 aromatic carbocycles. The molecule has 1 aliphatic rings. The molecule has 0 unspecified atom stereocenters. The van der Waals surface area contributed by atoms with Gasteiger partial charge in [-0.1, -0.05) is 25.6 Å². The minimum absolute atomic E-state index is 0.109. The molecule has 1 heterocycles. The van der Waals surface area contributed by atoms with Crippen LogP contribution in [0.5, 0.6) is 0 Å². The zero-order chi connectivity index (χ0) is 21.2. The summed E-state index contributed by atoms with van der Waals surface area (Å²) >= 11 is 0.826. The van der Waals surface area contributed by atoms with Crippen LogP contribution in [0.25, 0.3) is 0 Å². The van der Waals surface area contributed by atoms with Crippen LogP contribution in [0.1, 0.15) is 20.8 Å². The Hall–Kier alpha value is -2.98. The summed E-state index contributed by atoms with van der Waals surface area (Å²) in [6.45, 7) is 4.57. The molecule has 6 nitrogen and oxygen atoms in total. The lowest BCUT2D eigenvalue weighted by atomic mass is 9.72. The second-order valence-electron chi connectivity index (χ2n) is 6.56. The minimum Gasteiger partial charge on any atom is -0.323 e. The van der Waals surface area contributed by atoms with Crippen LogP contribution >= 0.6 is 11.8 Å². The van der Waals surface area contributed by atoms with Crippen LogP contribution in [0.2, 0.25) is 0 Å². The van der Waals surface area contributed by atoms with Crippen molar-refractivity contribution in [1.29, 1.82) is 10.5 Å². The summed E-state index contributed by atoms with van der Waals surface area (Å²) < 4.78 is 40.0. The average molecular weight is 408 g/mol. The van der Waals surface area contributed by atoms with Gasteiger partial charge in [-0.2, -0.15) is 10.5 Å². The summed E-state index contributed by atoms with van der Waals surface area (Å²) in [5.74, 6) is -7.07. The predicted octanol–water partition coefficient (Wildman–Crippen LogP) is 3.20. The van der Waals surface area contributed by atoms with Crippen LogP contribution in [-0.2, 0) is 9.59 Å². The van der Waals surface area contributed by atoms with Crippen LogP contribution in [0.15, 0.2) is 22.7 Å². The number of nitrogens with one attached hydrogen (secondary N) is 2. The third-order valence-corrected chi connectivity index (χ3v) is 5.40. The van der Waals surface area contributed by atoms with Gasteiger partial charge in [0, 0.05) is 5.41 Å². The molecular weight excluding hydrogens is 393 g/mol. The van der Waals surface area contributed by atoms with E-state index >= 15 is 0 Å². The quantitative estimate of drug-likeness (QED) is 0.745. The molecule has 1 aromatic rings. The zero-order valence-electron chi connectivity index (χ0n) is 15.1. The zero-order valence-corrected chi connectivity index (χ0v) is 15.9. The molecule has 0 saturated carbocycles. The second-order valence-corrected chi connectivity index (χ2v) is 7.91. The number of nitrogens with zero attached hydrogens (tertiary/aromatic N) is 2. The minimum atomic E-state index is -1.71. The van der Waals surface area contributed by atoms with Gasteiger partial charge in [-0.25, -0.2) is 13.2 Å². The molecule has 10 heteroatoms. The summed E-state index contributed by atoms with van der Waals surface area (Å²) in [5.41, 5.74) is -1.48. The number of carbonyl (C=O) groups excluding carboxylic acids is 2. The van der Waals surface area contributed by atoms with Crippen LogP contribution < -0.4 is 10.6 Å². The summed E-state index contributed by atoms with van der Waals surface area (Å²) in [6.07, 6.45) is 0. The van der Waals surface area contributed by atoms with Crippen molar-refractivity contribution in [1.82, 2.24) is 5.32 Å². The first kappa shape index (κ1) is 21.3. The number of hydrogen-bond donors (Lipinski definition) is 2. The number of allylic oxidation sites excluding steroid dienone is 1. The number of thioether (sulfide) groups is 1. The van der Waals surface area contributed by atoms with Crippen molar-refractivity contribution in [3.05, 3.63) is 40.2 Å². The Bertz CT molecular complexity index is 963. The van der Waals surface area contributed by atoms with Crippen LogP contribution in [0.3, 0.4) is 0 Å². The largest absolute Gasteiger partial charge is 0.323 e. The van der Waals surface area contributed by atoms with Crippen molar-refractivity contribution in [2.45, 2.75) is 26.0 Å². The van der Waals surface area contributed by atoms with Gasteiger partial charge in [-0.3, -0.25) is 9.59 Å². The highest BCUT2D eigenvalue weighted by molar-refractivity contribution is 8.04. The fraction of sp³-hybridized carbons (Fsp3) is 0.333. The first-order valence-electron chi connectivity index (χ1n) is 8.00. The molecule has 28 heavy (non-hydrogen) atoms. The van der Waals surface area contributed by atoms with Crippen molar-refractivity contribution in [3.63, 3.8) is 0 Å². The highest BCUT2D eigenvalue weighted by atomic mass is 32.2. The maximum atomic E-state index is 13.7. The molecule has 0 aromatic heterocycles. The fourth-order valence-corrected chi connectivity index (χ4v) is 3.71. The lowest BCUT2D eigenvalue weighted by Gasteiger charge is -2.35. The Morgan fingerprint density at radius 3 is 2.50 bits per heavy atom. The van der Waals surface area contributed by atoms with Gasteiger partial charge in [0.15, 0.2) is 17.5 Å². The molecule has 1 aliphatic heterocycles. The summed E-state index contributed by atoms with van der Waals surface area (Å²) in [7, 11) is 0. The van der Waals surface area contributed by atoms with Crippen LogP contribution in [-0.4, -0.2) is 17.1 Å². The summed E-state index contributed by atoms with van der Waals surface area (Å²) in [6, 6.07) is 5.37. The molecule has 0 spiro atoms. The molecular formula is C18H15F3N4O2S. The Balaban J connectivity index is 2.25. The normalized spacial score (nSPS) is 19.3. The number of anilines is 1. The van der Waals surface area contributed by atoms with E-state index in [0.717, 1.165) is 17.8 Å². The van der Waals surface area contributed by atoms with Gasteiger partial charge in [0.2, 0.25) is 11.8 Å². The van der Waals surface area contributed by atoms with E-state index in [1.165, 1.54) is 6.92 Å². The number of hydrogen-bond acceptors (Lipinski definition) is 5. The van der Waals surface area contributed by atoms with Gasteiger partial charge >= 0.3 is 0 Å². The Labute approximate surface area is 163 Å². The van der Waals surface area contributed by atoms with E-state index < -0.39 is 51.5 Å². The van der Waals surface area contributed by atoms with E-state index in [-0.39, 0.29) is 10.6 Å². The summed E-state index contributed by atoms with van der Waals surface area (Å²) in [4.78, 5) is 24.5. The first-order chi connectivity index (χ1) is 13.0. The highest BCUT2D eigenvalue weighted by Crippen LogP contribution is 2.42. The topological polar surface area (TPSA) is 106 Å². The van der Waals surface area contributed by atoms with Gasteiger partial charge in [0.05, 0.1) is 33.7 Å². The average Bonchev–Trinajstić information content (AvgIpc) is 2.61. The fourth-order valence-electron chi connectivity index (χ4n) is 2.60. The van der Waals surface area contributed by atoms with Gasteiger partial charge in [0.1, 0.15) is 5.92 Å². The Morgan fingerprint density at radius 1 is 1.29 bits per heavy atom. The Morgan fingerprint density at radius 2 is 1.93 bits per heavy atom. The highest BCUT2D eigenvalue weighted by Gasteiger charge is 2.45. The monoisotopic (exact) mass is 408 g/mol. The number of halogens is 3. The smallest absolute Gasteiger partial charge is 0.243 e. The van der Waals surface area contributed by atoms with Crippen molar-refractivity contribution in [2.75, 3.05) is 5.32 Å². The Kier molecular flexibility index (Phi) is 6.05. The molecule has 2 rings (SSSR count). The number of rotatable bonds is 4. The third kappa shape index (κ3) is 3.82. The molecule has 0 fully saturated rings. The number of benzene rings is 1. The van der Waals surface area contributed by atoms with E-state index in [4.69, 9.17) is 0 Å². The second kappa shape index (κ2) is 7.95. The number of amides is 2. The van der Waals surface area contributed by atoms with E-state index in [1.807, 2.05) is 12.1 Å². The van der Waals surface area contributed by atoms with Crippen LogP contribution in [0, 0.1) is 51.4 Å². The molecule has 0 radical (unpaired) electrons. The lowest BCUT2D eigenvalue weighted by molar-refractivity contribution is -0.125. The van der Waals surface area contributed by atoms with E-state index in [9.17, 15) is 33.3 Å². The van der Waals surface area contributed by atoms with Gasteiger partial charge in [-0.15, -0.1) is 0 Å². The standard InChI is InChI=1S/C18H15F3N4O2S/c1-8(15(26)24-12-5-4-11(19)13(20)14(12)21)28-17-10(7-23)18(2,3)9(6-22)16(27)25-17/h4-5,8-9H,1-3H3,(H,24,26)(H,25,27)/t8-,9-/m0/s1. The van der Waals surface area contributed by atoms with Crippen molar-refractivity contribution >= 4 is 29.3 Å². The maximum absolute atomic E-state index is 13.7. The maximum Gasteiger partial charge on any atom is 0.243 e. The number of carbonyl (C=O) groups is 2. The van der Waals surface area contributed by atoms with Crippen molar-refractivity contribution < 1.29 is 22.8 Å². The molecule has 2 atom stereocenters. The first-order valence-corrected chi connectivity index (χ1v) is 8.88. The van der Waals surface area contributed by atoms with Crippen molar-refractivity contribution in [2.24, 2.45) is 11.3 Å². The molecule has 2 amide bonds. The van der Waals surface area contributed by atoms with E-state index in [0.29, 0.717) is 6.07 Å². The van der Waals surface area contributed by atoms with Gasteiger partial charge in [0.25, 0.3) is 0 Å². The van der Waals surface area contributed by atoms with Gasteiger partial charge in [-0.05, 0) is 19.1 Å². The van der Waals surface area contributed by atoms with Crippen LogP contribution in [0.4, 0.5) is 18.9 Å². The lowest BCUT2D eigenvalue weighted by Crippen LogP contribution is -2.45. The van der Waals surface area contributed by atoms with E-state index in [2.05, 4.69) is 10.6 Å². The molecule has 0 saturated heterocycles. The number of nitriles is 2.